The number of hydrogen-bond acceptors (Lipinski definition) is 0. The predicted molar refractivity (Wildman–Crippen MR) is 638 cm³/mol. The van der Waals surface area contributed by atoms with Crippen LogP contribution in [-0.2, 0) is 0 Å². The van der Waals surface area contributed by atoms with Gasteiger partial charge in [0.2, 0.25) is 0 Å². The van der Waals surface area contributed by atoms with Crippen molar-refractivity contribution in [2.75, 3.05) is 0 Å². The van der Waals surface area contributed by atoms with Gasteiger partial charge in [-0.3, -0.25) is 0 Å². The zero-order chi connectivity index (χ0) is 97.4. The molecule has 0 aromatic heterocycles. The lowest BCUT2D eigenvalue weighted by Crippen LogP contribution is -2.77. The zero-order valence-corrected chi connectivity index (χ0v) is 88.0. The van der Waals surface area contributed by atoms with Gasteiger partial charge in [-0.15, -0.1) is 0 Å². The molecule has 0 amide bonds. The van der Waals surface area contributed by atoms with Gasteiger partial charge in [0.25, 0.3) is 0 Å². The van der Waals surface area contributed by atoms with Gasteiger partial charge in [-0.25, -0.2) is 0 Å². The van der Waals surface area contributed by atoms with Crippen molar-refractivity contribution in [3.8, 4) is 0 Å². The summed E-state index contributed by atoms with van der Waals surface area (Å²) in [5.41, 5.74) is 0. The third kappa shape index (κ3) is 16.8. The van der Waals surface area contributed by atoms with Gasteiger partial charge < -0.3 is 0 Å². The third-order valence-corrected chi connectivity index (χ3v) is 64.1. The van der Waals surface area contributed by atoms with Gasteiger partial charge in [-0.05, 0) is 145 Å². The second-order valence-corrected chi connectivity index (χ2v) is 64.4. The first-order valence-electron chi connectivity index (χ1n) is 50.5. The Hall–Kier alpha value is -16.4. The highest BCUT2D eigenvalue weighted by Gasteiger charge is 2.51. The van der Waals surface area contributed by atoms with Crippen LogP contribution in [0.2, 0.25) is 0 Å². The first-order valence-corrected chi connectivity index (χ1v) is 64.5. The number of hydrogen-bond donors (Lipinski definition) is 0. The molecule has 0 bridgehead atoms. The molecule has 690 valence electrons. The highest BCUT2D eigenvalue weighted by molar-refractivity contribution is 7.25. The number of rotatable bonds is 28. The fraction of sp³-hybridized carbons (Fsp3) is 0. The van der Waals surface area contributed by atoms with E-state index in [1.807, 2.05) is 0 Å². The molecular formula is C138H110Si7. The molecule has 0 fully saturated rings. The second-order valence-electron chi connectivity index (χ2n) is 37.7. The standard InChI is InChI=1S/C78H62Si4.C60H48Si3/c1-11-31-63(32-12-1)79(64-33-13-2-14-34-64,65-35-15-3-16-36-65)73-51-55-75(56-52-73)81(69-43-23-7-24-44-69,70-45-25-8-26-46-70)77-59-61-78(62-60-77)82(71-47-27-9-28-48-71,72-49-29-10-30-50-72)76-57-53-74(54-58-76)80(66-37-17-4-18-38-66,67-39-19-5-20-40-67)68-41-21-6-22-42-68;1-9-25-49(26-10-1)61(50-27-11-2-12-28-50,51-29-13-3-14-30-51)57-41-45-59(46-42-57)63(55-37-21-7-22-38-55,56-39-23-8-24-40-56)60-47-43-58(44-48-60)62(52-31-15-4-16-32-52,53-33-17-5-18-34-53)54-35-19-6-20-36-54/h1-62H;1-48H. The molecule has 0 N–H and O–H groups in total. The summed E-state index contributed by atoms with van der Waals surface area (Å²) < 4.78 is 0. The summed E-state index contributed by atoms with van der Waals surface area (Å²) >= 11 is 0. The smallest absolute Gasteiger partial charge is 0.0623 e. The molecule has 0 unspecified atom stereocenters. The Balaban J connectivity index is 0.000000171. The Morgan fingerprint density at radius 3 is 0.138 bits per heavy atom. The average Bonchev–Trinajstić information content (AvgIpc) is 0.691. The normalized spacial score (nSPS) is 11.9. The van der Waals surface area contributed by atoms with Crippen LogP contribution in [0.3, 0.4) is 0 Å². The fourth-order valence-corrected chi connectivity index (χ4v) is 57.4. The van der Waals surface area contributed by atoms with Crippen molar-refractivity contribution < 1.29 is 0 Å². The van der Waals surface area contributed by atoms with Crippen LogP contribution >= 0.6 is 0 Å². The lowest BCUT2D eigenvalue weighted by molar-refractivity contribution is 1.65. The maximum absolute atomic E-state index is 3.03. The van der Waals surface area contributed by atoms with Crippen molar-refractivity contribution in [1.82, 2.24) is 0 Å². The van der Waals surface area contributed by atoms with E-state index in [1.54, 1.807) is 0 Å². The molecule has 0 radical (unpaired) electrons. The van der Waals surface area contributed by atoms with E-state index >= 15 is 0 Å². The van der Waals surface area contributed by atoms with Gasteiger partial charge in [0.1, 0.15) is 0 Å². The molecule has 0 spiro atoms. The Labute approximate surface area is 861 Å². The molecule has 0 heterocycles. The van der Waals surface area contributed by atoms with Crippen LogP contribution in [0.5, 0.6) is 0 Å². The molecule has 0 saturated heterocycles. The van der Waals surface area contributed by atoms with Crippen molar-refractivity contribution in [2.45, 2.75) is 0 Å². The Bertz CT molecular complexity index is 7110. The van der Waals surface area contributed by atoms with Gasteiger partial charge in [0.05, 0.1) is 0 Å². The summed E-state index contributed by atoms with van der Waals surface area (Å²) in [7, 11) is -20.0. The van der Waals surface area contributed by atoms with E-state index in [0.717, 1.165) is 0 Å². The SMILES string of the molecule is c1ccc([Si](c2ccccc2)(c2ccccc2)c2ccc([Si](c3ccccc3)(c3ccccc3)c3ccc([Si](c4ccccc4)(c4ccccc4)c4ccc([Si](c5ccccc5)(c5ccccc5)c5ccccc5)cc4)cc3)cc2)cc1.c1ccc([Si](c2ccccc2)(c2ccccc2)c2ccc([Si](c3ccccc3)(c3ccccc3)c3ccc([Si](c4ccccc4)(c4ccccc4)c4ccccc4)cc3)cc2)cc1. The quantitative estimate of drug-likeness (QED) is 0.0339. The average molecular weight is 1970 g/mol. The lowest BCUT2D eigenvalue weighted by Gasteiger charge is -2.38. The van der Waals surface area contributed by atoms with Crippen LogP contribution in [0.4, 0.5) is 0 Å². The Morgan fingerprint density at radius 2 is 0.0897 bits per heavy atom. The summed E-state index contributed by atoms with van der Waals surface area (Å²) in [5.74, 6) is 0. The van der Waals surface area contributed by atoms with Crippen LogP contribution in [0.15, 0.2) is 667 Å². The van der Waals surface area contributed by atoms with E-state index in [9.17, 15) is 0 Å². The molecule has 7 heteroatoms. The summed E-state index contributed by atoms with van der Waals surface area (Å²) in [6, 6.07) is 253. The van der Waals surface area contributed by atoms with Crippen LogP contribution in [-0.4, -0.2) is 56.5 Å². The van der Waals surface area contributed by atoms with Crippen LogP contribution in [0.1, 0.15) is 0 Å². The van der Waals surface area contributed by atoms with Gasteiger partial charge in [-0.2, -0.15) is 0 Å². The van der Waals surface area contributed by atoms with Gasteiger partial charge in [0, 0.05) is 0 Å². The van der Waals surface area contributed by atoms with Crippen molar-refractivity contribution in [3.05, 3.63) is 667 Å². The monoisotopic (exact) mass is 1960 g/mol. The number of benzene rings is 23. The van der Waals surface area contributed by atoms with Crippen molar-refractivity contribution in [1.29, 1.82) is 0 Å². The highest BCUT2D eigenvalue weighted by Crippen LogP contribution is 2.22. The molecule has 0 aliphatic rings. The van der Waals surface area contributed by atoms with Crippen molar-refractivity contribution in [2.24, 2.45) is 0 Å². The predicted octanol–water partition coefficient (Wildman–Crippen LogP) is 13.0. The molecule has 23 aromatic rings. The van der Waals surface area contributed by atoms with E-state index < -0.39 is 56.5 Å². The second kappa shape index (κ2) is 42.4. The van der Waals surface area contributed by atoms with E-state index in [-0.39, 0.29) is 0 Å². The molecule has 0 atom stereocenters. The van der Waals surface area contributed by atoms with E-state index in [2.05, 4.69) is 667 Å². The van der Waals surface area contributed by atoms with Crippen molar-refractivity contribution in [3.63, 3.8) is 0 Å². The minimum atomic E-state index is -3.03. The summed E-state index contributed by atoms with van der Waals surface area (Å²) in [5, 5.41) is 38.3. The minimum absolute atomic E-state index is 1.35. The van der Waals surface area contributed by atoms with E-state index in [1.165, 1.54) is 145 Å². The summed E-state index contributed by atoms with van der Waals surface area (Å²) in [6.45, 7) is 0. The summed E-state index contributed by atoms with van der Waals surface area (Å²) in [4.78, 5) is 0. The molecule has 0 aliphatic heterocycles. The van der Waals surface area contributed by atoms with Crippen LogP contribution in [0, 0.1) is 0 Å². The minimum Gasteiger partial charge on any atom is -0.0623 e. The maximum atomic E-state index is 2.52. The molecule has 0 aliphatic carbocycles. The van der Waals surface area contributed by atoms with Crippen LogP contribution in [0.25, 0.3) is 0 Å². The largest absolute Gasteiger partial charge is 0.179 e. The van der Waals surface area contributed by atoms with Gasteiger partial charge in [-0.1, -0.05) is 667 Å². The summed E-state index contributed by atoms with van der Waals surface area (Å²) in [6.07, 6.45) is 0. The first kappa shape index (κ1) is 93.5. The third-order valence-electron chi connectivity index (χ3n) is 30.5. The van der Waals surface area contributed by atoms with E-state index in [4.69, 9.17) is 0 Å². The first-order chi connectivity index (χ1) is 71.9. The Kier molecular flexibility index (Phi) is 27.3. The zero-order valence-electron chi connectivity index (χ0n) is 81.0. The van der Waals surface area contributed by atoms with E-state index in [0.29, 0.717) is 0 Å². The van der Waals surface area contributed by atoms with Crippen LogP contribution < -0.4 is 145 Å². The highest BCUT2D eigenvalue weighted by atomic mass is 28.3. The van der Waals surface area contributed by atoms with Gasteiger partial charge in [0.15, 0.2) is 56.5 Å². The molecule has 0 saturated carbocycles. The maximum Gasteiger partial charge on any atom is 0.179 e. The molecule has 0 nitrogen and oxygen atoms in total. The molecule has 23 aromatic carbocycles. The molecule has 145 heavy (non-hydrogen) atoms. The fourth-order valence-electron chi connectivity index (χ4n) is 24.2. The molecule has 23 rings (SSSR count). The Morgan fingerprint density at radius 1 is 0.0483 bits per heavy atom. The van der Waals surface area contributed by atoms with Crippen molar-refractivity contribution >= 4 is 202 Å². The topological polar surface area (TPSA) is 0 Å². The molecular weight excluding hydrogens is 1850 g/mol. The lowest BCUT2D eigenvalue weighted by atomic mass is 10.3. The van der Waals surface area contributed by atoms with Gasteiger partial charge >= 0.3 is 0 Å².